The summed E-state index contributed by atoms with van der Waals surface area (Å²) in [5, 5.41) is 0. The molecule has 0 aromatic carbocycles. The average molecular weight is 293 g/mol. The van der Waals surface area contributed by atoms with Crippen molar-refractivity contribution in [3.8, 4) is 0 Å². The molecule has 116 valence electrons. The largest absolute Gasteiger partial charge is 0.412 e. The third kappa shape index (κ3) is 5.50. The zero-order valence-corrected chi connectivity index (χ0v) is 11.7. The molecular formula is C13H22F3N3O. The maximum atomic E-state index is 12.4. The number of nitrogens with two attached hydrogens (primary N) is 1. The zero-order chi connectivity index (χ0) is 15.2. The van der Waals surface area contributed by atoms with Crippen molar-refractivity contribution in [3.63, 3.8) is 0 Å². The van der Waals surface area contributed by atoms with Crippen LogP contribution < -0.4 is 5.73 Å². The minimum atomic E-state index is -4.22. The highest BCUT2D eigenvalue weighted by Crippen LogP contribution is 2.30. The number of carbonyl (C=O) groups is 1. The number of halogens is 3. The molecule has 0 aromatic rings. The molecule has 0 unspecified atom stereocenters. The molecule has 0 spiro atoms. The van der Waals surface area contributed by atoms with Gasteiger partial charge in [0, 0.05) is 45.2 Å². The van der Waals surface area contributed by atoms with Crippen LogP contribution in [0.3, 0.4) is 0 Å². The van der Waals surface area contributed by atoms with Crippen LogP contribution in [0, 0.1) is 0 Å². The van der Waals surface area contributed by atoms with Crippen molar-refractivity contribution in [2.24, 2.45) is 5.73 Å². The molecule has 0 saturated heterocycles. The number of alkyl halides is 3. The van der Waals surface area contributed by atoms with E-state index in [1.54, 1.807) is 11.9 Å². The van der Waals surface area contributed by atoms with Gasteiger partial charge in [0.25, 0.3) is 0 Å². The predicted molar refractivity (Wildman–Crippen MR) is 71.1 cm³/mol. The van der Waals surface area contributed by atoms with Crippen LogP contribution in [-0.2, 0) is 4.79 Å². The lowest BCUT2D eigenvalue weighted by Gasteiger charge is -2.27. The van der Waals surface area contributed by atoms with Gasteiger partial charge in [-0.15, -0.1) is 0 Å². The van der Waals surface area contributed by atoms with Gasteiger partial charge in [0.05, 0.1) is 0 Å². The summed E-state index contributed by atoms with van der Waals surface area (Å²) < 4.78 is 37.3. The number of nitrogens with zero attached hydrogens (tertiary/aromatic N) is 2. The zero-order valence-electron chi connectivity index (χ0n) is 11.7. The Kier molecular flexibility index (Phi) is 6.48. The summed E-state index contributed by atoms with van der Waals surface area (Å²) in [5.74, 6) is 0.00375. The van der Waals surface area contributed by atoms with E-state index >= 15 is 0 Å². The smallest absolute Gasteiger partial charge is 0.346 e. The monoisotopic (exact) mass is 293 g/mol. The SMILES string of the molecule is CN(CCCN)C(=O)CCN1CC=C(C(F)(F)F)CC1. The first-order chi connectivity index (χ1) is 9.34. The Morgan fingerprint density at radius 1 is 1.50 bits per heavy atom. The Morgan fingerprint density at radius 2 is 2.20 bits per heavy atom. The first-order valence-corrected chi connectivity index (χ1v) is 6.77. The van der Waals surface area contributed by atoms with Crippen LogP contribution >= 0.6 is 0 Å². The van der Waals surface area contributed by atoms with E-state index in [0.717, 1.165) is 6.42 Å². The van der Waals surface area contributed by atoms with Crippen molar-refractivity contribution >= 4 is 5.91 Å². The van der Waals surface area contributed by atoms with Gasteiger partial charge in [-0.05, 0) is 19.4 Å². The second-order valence-electron chi connectivity index (χ2n) is 4.99. The van der Waals surface area contributed by atoms with E-state index in [-0.39, 0.29) is 18.9 Å². The number of hydrogen-bond donors (Lipinski definition) is 1. The van der Waals surface area contributed by atoms with Crippen LogP contribution in [0.25, 0.3) is 0 Å². The molecule has 1 amide bonds. The van der Waals surface area contributed by atoms with Gasteiger partial charge >= 0.3 is 6.18 Å². The minimum Gasteiger partial charge on any atom is -0.346 e. The molecule has 1 heterocycles. The molecule has 1 aliphatic heterocycles. The quantitative estimate of drug-likeness (QED) is 0.753. The molecule has 20 heavy (non-hydrogen) atoms. The highest BCUT2D eigenvalue weighted by molar-refractivity contribution is 5.76. The Labute approximate surface area is 117 Å². The van der Waals surface area contributed by atoms with E-state index < -0.39 is 11.7 Å². The van der Waals surface area contributed by atoms with Gasteiger partial charge < -0.3 is 10.6 Å². The normalized spacial score (nSPS) is 16.9. The molecule has 1 aliphatic rings. The standard InChI is InChI=1S/C13H22F3N3O/c1-18(7-2-6-17)12(20)5-10-19-8-3-11(4-9-19)13(14,15)16/h3H,2,4-10,17H2,1H3. The van der Waals surface area contributed by atoms with Crippen molar-refractivity contribution in [1.82, 2.24) is 9.80 Å². The van der Waals surface area contributed by atoms with Gasteiger partial charge in [-0.1, -0.05) is 6.08 Å². The third-order valence-corrected chi connectivity index (χ3v) is 3.42. The summed E-state index contributed by atoms with van der Waals surface area (Å²) in [7, 11) is 1.72. The van der Waals surface area contributed by atoms with E-state index in [2.05, 4.69) is 0 Å². The molecule has 0 fully saturated rings. The van der Waals surface area contributed by atoms with Crippen molar-refractivity contribution in [1.29, 1.82) is 0 Å². The van der Waals surface area contributed by atoms with Crippen LogP contribution in [0.2, 0.25) is 0 Å². The van der Waals surface area contributed by atoms with Crippen LogP contribution in [0.15, 0.2) is 11.6 Å². The Balaban J connectivity index is 2.31. The maximum Gasteiger partial charge on any atom is 0.412 e. The third-order valence-electron chi connectivity index (χ3n) is 3.42. The van der Waals surface area contributed by atoms with Gasteiger partial charge in [-0.2, -0.15) is 13.2 Å². The molecule has 0 bridgehead atoms. The highest BCUT2D eigenvalue weighted by atomic mass is 19.4. The molecule has 0 aliphatic carbocycles. The van der Waals surface area contributed by atoms with Crippen molar-refractivity contribution in [2.75, 3.05) is 39.8 Å². The van der Waals surface area contributed by atoms with Crippen molar-refractivity contribution in [2.45, 2.75) is 25.4 Å². The number of rotatable bonds is 6. The van der Waals surface area contributed by atoms with Gasteiger partial charge in [-0.25, -0.2) is 0 Å². The molecule has 4 nitrogen and oxygen atoms in total. The van der Waals surface area contributed by atoms with Crippen LogP contribution in [0.1, 0.15) is 19.3 Å². The van der Waals surface area contributed by atoms with Crippen molar-refractivity contribution in [3.05, 3.63) is 11.6 Å². The number of carbonyl (C=O) groups excluding carboxylic acids is 1. The van der Waals surface area contributed by atoms with Crippen LogP contribution in [-0.4, -0.2) is 61.7 Å². The molecular weight excluding hydrogens is 271 g/mol. The van der Waals surface area contributed by atoms with Crippen molar-refractivity contribution < 1.29 is 18.0 Å². The second-order valence-corrected chi connectivity index (χ2v) is 4.99. The lowest BCUT2D eigenvalue weighted by molar-refractivity contribution is -0.130. The highest BCUT2D eigenvalue weighted by Gasteiger charge is 2.34. The van der Waals surface area contributed by atoms with E-state index in [4.69, 9.17) is 5.73 Å². The van der Waals surface area contributed by atoms with Gasteiger partial charge in [-0.3, -0.25) is 9.69 Å². The molecule has 0 saturated carbocycles. The van der Waals surface area contributed by atoms with Crippen LogP contribution in [0.5, 0.6) is 0 Å². The summed E-state index contributed by atoms with van der Waals surface area (Å²) in [4.78, 5) is 15.3. The number of amides is 1. The molecule has 1 rings (SSSR count). The summed E-state index contributed by atoms with van der Waals surface area (Å²) in [6.45, 7) is 2.26. The van der Waals surface area contributed by atoms with Gasteiger partial charge in [0.1, 0.15) is 0 Å². The maximum absolute atomic E-state index is 12.4. The van der Waals surface area contributed by atoms with E-state index in [9.17, 15) is 18.0 Å². The second kappa shape index (κ2) is 7.64. The predicted octanol–water partition coefficient (Wildman–Crippen LogP) is 1.38. The summed E-state index contributed by atoms with van der Waals surface area (Å²) in [6.07, 6.45) is -1.92. The lowest BCUT2D eigenvalue weighted by atomic mass is 10.1. The van der Waals surface area contributed by atoms with E-state index in [0.29, 0.717) is 32.6 Å². The Morgan fingerprint density at radius 3 is 2.70 bits per heavy atom. The first kappa shape index (κ1) is 17.0. The fraction of sp³-hybridized carbons (Fsp3) is 0.769. The van der Waals surface area contributed by atoms with Gasteiger partial charge in [0.15, 0.2) is 0 Å². The lowest BCUT2D eigenvalue weighted by Crippen LogP contribution is -2.36. The van der Waals surface area contributed by atoms with Gasteiger partial charge in [0.2, 0.25) is 5.91 Å². The first-order valence-electron chi connectivity index (χ1n) is 6.77. The minimum absolute atomic E-state index is 0.000698. The van der Waals surface area contributed by atoms with E-state index in [1.807, 2.05) is 4.90 Å². The molecule has 0 atom stereocenters. The fourth-order valence-corrected chi connectivity index (χ4v) is 2.07. The fourth-order valence-electron chi connectivity index (χ4n) is 2.07. The topological polar surface area (TPSA) is 49.6 Å². The average Bonchev–Trinajstić information content (AvgIpc) is 2.41. The molecule has 0 radical (unpaired) electrons. The molecule has 7 heteroatoms. The van der Waals surface area contributed by atoms with E-state index in [1.165, 1.54) is 6.08 Å². The Bertz CT molecular complexity index is 355. The summed E-state index contributed by atoms with van der Waals surface area (Å²) in [5.41, 5.74) is 4.91. The Hall–Kier alpha value is -1.08. The van der Waals surface area contributed by atoms with Crippen LogP contribution in [0.4, 0.5) is 13.2 Å². The molecule has 0 aromatic heterocycles. The molecule has 2 N–H and O–H groups in total. The number of hydrogen-bond acceptors (Lipinski definition) is 3. The summed E-state index contributed by atoms with van der Waals surface area (Å²) >= 11 is 0. The summed E-state index contributed by atoms with van der Waals surface area (Å²) in [6, 6.07) is 0.